The molecule has 0 radical (unpaired) electrons. The van der Waals surface area contributed by atoms with Crippen LogP contribution in [0.4, 0.5) is 0 Å². The Morgan fingerprint density at radius 2 is 2.08 bits per heavy atom. The van der Waals surface area contributed by atoms with E-state index in [1.54, 1.807) is 0 Å². The number of piperazine rings is 1. The van der Waals surface area contributed by atoms with Gasteiger partial charge in [-0.2, -0.15) is 0 Å². The van der Waals surface area contributed by atoms with Crippen LogP contribution in [0.2, 0.25) is 0 Å². The highest BCUT2D eigenvalue weighted by Crippen LogP contribution is 2.12. The van der Waals surface area contributed by atoms with E-state index in [0.717, 1.165) is 32.7 Å². The van der Waals surface area contributed by atoms with Gasteiger partial charge in [-0.1, -0.05) is 6.07 Å². The molecule has 1 aliphatic rings. The molecule has 1 saturated heterocycles. The molecule has 2 rings (SSSR count). The molecular weight excluding hydrogens is 182 g/mol. The fourth-order valence-electron chi connectivity index (χ4n) is 1.54. The van der Waals surface area contributed by atoms with Crippen molar-refractivity contribution in [3.8, 4) is 0 Å². The smallest absolute Gasteiger partial charge is 0.0329 e. The molecule has 2 heterocycles. The number of nitrogens with two attached hydrogens (primary N) is 1. The highest BCUT2D eigenvalue weighted by molar-refractivity contribution is 7.09. The summed E-state index contributed by atoms with van der Waals surface area (Å²) in [5, 5.41) is 4.03. The molecular formula is C9H15N3S. The Kier molecular flexibility index (Phi) is 2.95. The normalized spacial score (nSPS) is 20.7. The molecule has 0 aromatic carbocycles. The average molecular weight is 197 g/mol. The minimum Gasteiger partial charge on any atom is -0.296 e. The number of hydrazine groups is 1. The summed E-state index contributed by atoms with van der Waals surface area (Å²) in [6, 6.07) is 4.30. The highest BCUT2D eigenvalue weighted by atomic mass is 32.1. The molecule has 0 atom stereocenters. The van der Waals surface area contributed by atoms with Crippen molar-refractivity contribution in [1.82, 2.24) is 9.91 Å². The second kappa shape index (κ2) is 4.19. The van der Waals surface area contributed by atoms with E-state index in [9.17, 15) is 0 Å². The van der Waals surface area contributed by atoms with Crippen molar-refractivity contribution in [3.63, 3.8) is 0 Å². The molecule has 0 unspecified atom stereocenters. The van der Waals surface area contributed by atoms with E-state index in [2.05, 4.69) is 22.4 Å². The summed E-state index contributed by atoms with van der Waals surface area (Å²) in [5.41, 5.74) is 0. The number of thiophene rings is 1. The highest BCUT2D eigenvalue weighted by Gasteiger charge is 2.14. The van der Waals surface area contributed by atoms with Crippen molar-refractivity contribution < 1.29 is 0 Å². The predicted molar refractivity (Wildman–Crippen MR) is 55.4 cm³/mol. The first-order valence-corrected chi connectivity index (χ1v) is 5.47. The summed E-state index contributed by atoms with van der Waals surface area (Å²) in [4.78, 5) is 3.90. The molecule has 4 heteroatoms. The van der Waals surface area contributed by atoms with Crippen LogP contribution in [0, 0.1) is 0 Å². The van der Waals surface area contributed by atoms with Crippen molar-refractivity contribution in [2.75, 3.05) is 26.2 Å². The molecule has 72 valence electrons. The first-order valence-electron chi connectivity index (χ1n) is 4.59. The molecule has 1 fully saturated rings. The molecule has 13 heavy (non-hydrogen) atoms. The maximum absolute atomic E-state index is 5.68. The standard InChI is InChI=1S/C9H15N3S/c10-12-5-3-11(4-6-12)8-9-2-1-7-13-9/h1-2,7H,3-6,8,10H2. The molecule has 0 saturated carbocycles. The topological polar surface area (TPSA) is 32.5 Å². The van der Waals surface area contributed by atoms with Gasteiger partial charge >= 0.3 is 0 Å². The van der Waals surface area contributed by atoms with Gasteiger partial charge in [0.05, 0.1) is 0 Å². The quantitative estimate of drug-likeness (QED) is 0.710. The first-order chi connectivity index (χ1) is 6.34. The van der Waals surface area contributed by atoms with Gasteiger partial charge in [-0.15, -0.1) is 11.3 Å². The van der Waals surface area contributed by atoms with Crippen LogP contribution in [-0.2, 0) is 6.54 Å². The van der Waals surface area contributed by atoms with E-state index < -0.39 is 0 Å². The third-order valence-electron chi connectivity index (χ3n) is 2.37. The lowest BCUT2D eigenvalue weighted by molar-refractivity contribution is 0.129. The number of hydrogen-bond donors (Lipinski definition) is 1. The summed E-state index contributed by atoms with van der Waals surface area (Å²) in [5.74, 6) is 5.68. The molecule has 1 aliphatic heterocycles. The van der Waals surface area contributed by atoms with E-state index in [0.29, 0.717) is 0 Å². The fourth-order valence-corrected chi connectivity index (χ4v) is 2.29. The third-order valence-corrected chi connectivity index (χ3v) is 3.23. The van der Waals surface area contributed by atoms with Crippen molar-refractivity contribution in [2.24, 2.45) is 5.84 Å². The van der Waals surface area contributed by atoms with Crippen molar-refractivity contribution >= 4 is 11.3 Å². The third kappa shape index (κ3) is 2.51. The van der Waals surface area contributed by atoms with E-state index in [-0.39, 0.29) is 0 Å². The zero-order valence-electron chi connectivity index (χ0n) is 7.65. The second-order valence-electron chi connectivity index (χ2n) is 3.39. The predicted octanol–water partition coefficient (Wildman–Crippen LogP) is 0.739. The Labute approximate surface area is 82.7 Å². The van der Waals surface area contributed by atoms with Crippen molar-refractivity contribution in [2.45, 2.75) is 6.54 Å². The summed E-state index contributed by atoms with van der Waals surface area (Å²) < 4.78 is 0. The summed E-state index contributed by atoms with van der Waals surface area (Å²) >= 11 is 1.83. The van der Waals surface area contributed by atoms with Crippen LogP contribution in [0.3, 0.4) is 0 Å². The lowest BCUT2D eigenvalue weighted by atomic mass is 10.3. The van der Waals surface area contributed by atoms with Crippen LogP contribution in [0.25, 0.3) is 0 Å². The van der Waals surface area contributed by atoms with Crippen LogP contribution >= 0.6 is 11.3 Å². The summed E-state index contributed by atoms with van der Waals surface area (Å²) in [6.07, 6.45) is 0. The van der Waals surface area contributed by atoms with Gasteiger partial charge in [-0.25, -0.2) is 5.01 Å². The molecule has 0 bridgehead atoms. The molecule has 2 N–H and O–H groups in total. The zero-order chi connectivity index (χ0) is 9.10. The molecule has 3 nitrogen and oxygen atoms in total. The van der Waals surface area contributed by atoms with Crippen LogP contribution in [0.5, 0.6) is 0 Å². The average Bonchev–Trinajstić information content (AvgIpc) is 2.62. The Hall–Kier alpha value is -0.420. The van der Waals surface area contributed by atoms with Crippen LogP contribution in [0.15, 0.2) is 17.5 Å². The lowest BCUT2D eigenvalue weighted by Crippen LogP contribution is -2.48. The maximum Gasteiger partial charge on any atom is 0.0329 e. The Balaban J connectivity index is 1.83. The van der Waals surface area contributed by atoms with E-state index >= 15 is 0 Å². The maximum atomic E-state index is 5.68. The minimum atomic E-state index is 0.991. The monoisotopic (exact) mass is 197 g/mol. The van der Waals surface area contributed by atoms with Gasteiger partial charge in [0.15, 0.2) is 0 Å². The van der Waals surface area contributed by atoms with E-state index in [4.69, 9.17) is 5.84 Å². The molecule has 1 aromatic heterocycles. The first kappa shape index (κ1) is 9.15. The lowest BCUT2D eigenvalue weighted by Gasteiger charge is -2.31. The molecule has 0 spiro atoms. The van der Waals surface area contributed by atoms with Gasteiger partial charge in [0.25, 0.3) is 0 Å². The van der Waals surface area contributed by atoms with Gasteiger partial charge in [-0.3, -0.25) is 10.7 Å². The number of hydrogen-bond acceptors (Lipinski definition) is 4. The van der Waals surface area contributed by atoms with Gasteiger partial charge in [0.1, 0.15) is 0 Å². The fraction of sp³-hybridized carbons (Fsp3) is 0.556. The number of nitrogens with zero attached hydrogens (tertiary/aromatic N) is 2. The SMILES string of the molecule is NN1CCN(Cc2cccs2)CC1. The summed E-state index contributed by atoms with van der Waals surface area (Å²) in [6.45, 7) is 5.26. The van der Waals surface area contributed by atoms with E-state index in [1.165, 1.54) is 4.88 Å². The largest absolute Gasteiger partial charge is 0.296 e. The van der Waals surface area contributed by atoms with Crippen LogP contribution < -0.4 is 5.84 Å². The van der Waals surface area contributed by atoms with Crippen molar-refractivity contribution in [1.29, 1.82) is 0 Å². The van der Waals surface area contributed by atoms with Crippen LogP contribution in [0.1, 0.15) is 4.88 Å². The summed E-state index contributed by atoms with van der Waals surface area (Å²) in [7, 11) is 0. The molecule has 1 aromatic rings. The van der Waals surface area contributed by atoms with Crippen molar-refractivity contribution in [3.05, 3.63) is 22.4 Å². The van der Waals surface area contributed by atoms with Gasteiger partial charge in [-0.05, 0) is 11.4 Å². The minimum absolute atomic E-state index is 0.991. The van der Waals surface area contributed by atoms with E-state index in [1.807, 2.05) is 16.3 Å². The van der Waals surface area contributed by atoms with Gasteiger partial charge < -0.3 is 0 Å². The van der Waals surface area contributed by atoms with Gasteiger partial charge in [0, 0.05) is 37.6 Å². The zero-order valence-corrected chi connectivity index (χ0v) is 8.46. The molecule has 0 amide bonds. The van der Waals surface area contributed by atoms with Gasteiger partial charge in [0.2, 0.25) is 0 Å². The second-order valence-corrected chi connectivity index (χ2v) is 4.42. The Morgan fingerprint density at radius 3 is 2.69 bits per heavy atom. The Morgan fingerprint density at radius 1 is 1.31 bits per heavy atom. The number of rotatable bonds is 2. The Bertz CT molecular complexity index is 239. The van der Waals surface area contributed by atoms with Crippen LogP contribution in [-0.4, -0.2) is 36.1 Å². The molecule has 0 aliphatic carbocycles.